The summed E-state index contributed by atoms with van der Waals surface area (Å²) >= 11 is 5.97. The predicted molar refractivity (Wildman–Crippen MR) is 367 cm³/mol. The minimum Gasteiger partial charge on any atom is -0.481 e. The lowest BCUT2D eigenvalue weighted by atomic mass is 10.0. The largest absolute Gasteiger partial charge is 0.519 e. The van der Waals surface area contributed by atoms with Crippen molar-refractivity contribution in [3.8, 4) is 0 Å². The number of carboxylic acid groups (broad SMARTS) is 2. The number of carboxylic acids is 2. The average molecular weight is 1550 g/mol. The number of unbranched alkanes of at least 4 members (excludes halogenated alkanes) is 11. The van der Waals surface area contributed by atoms with Gasteiger partial charge in [0.05, 0.1) is 37.0 Å². The second-order valence-corrected chi connectivity index (χ2v) is 25.2. The Balaban J connectivity index is 2.23. The molecule has 0 aromatic carbocycles. The van der Waals surface area contributed by atoms with Crippen LogP contribution in [0.3, 0.4) is 0 Å². The molecule has 11 amide bonds. The fourth-order valence-corrected chi connectivity index (χ4v) is 10.4. The number of amides is 11. The van der Waals surface area contributed by atoms with Gasteiger partial charge < -0.3 is 127 Å². The van der Waals surface area contributed by atoms with E-state index in [0.717, 1.165) is 57.9 Å². The summed E-state index contributed by atoms with van der Waals surface area (Å²) in [6.07, 6.45) is -2.92. The van der Waals surface area contributed by atoms with Crippen molar-refractivity contribution in [3.63, 3.8) is 0 Å². The lowest BCUT2D eigenvalue weighted by Gasteiger charge is -2.29. The van der Waals surface area contributed by atoms with Crippen molar-refractivity contribution >= 4 is 94.9 Å². The fourth-order valence-electron chi connectivity index (χ4n) is 10.3. The first-order chi connectivity index (χ1) is 50.7. The van der Waals surface area contributed by atoms with Crippen molar-refractivity contribution in [2.45, 2.75) is 243 Å². The van der Waals surface area contributed by atoms with E-state index in [4.69, 9.17) is 49.2 Å². The van der Waals surface area contributed by atoms with Gasteiger partial charge in [-0.25, -0.2) is 28.8 Å². The van der Waals surface area contributed by atoms with Crippen LogP contribution in [0.5, 0.6) is 0 Å². The number of alkyl carbamates (subject to hydrolysis) is 2. The summed E-state index contributed by atoms with van der Waals surface area (Å²) in [6.45, 7) is 2.88. The maximum Gasteiger partial charge on any atom is 0.519 e. The van der Waals surface area contributed by atoms with Crippen LogP contribution < -0.4 is 75.9 Å². The minimum absolute atomic E-state index is 0.0435. The molecule has 3 heterocycles. The Bertz CT molecular complexity index is 3460. The van der Waals surface area contributed by atoms with Gasteiger partial charge in [-0.05, 0) is 72.8 Å². The van der Waals surface area contributed by atoms with Gasteiger partial charge in [0.25, 0.3) is 5.91 Å². The molecule has 1 aliphatic rings. The first-order valence-corrected chi connectivity index (χ1v) is 35.3. The summed E-state index contributed by atoms with van der Waals surface area (Å²) in [5.41, 5.74) is 4.92. The van der Waals surface area contributed by atoms with Gasteiger partial charge in [0.2, 0.25) is 47.3 Å². The molecular weight excluding hydrogens is 1450 g/mol. The van der Waals surface area contributed by atoms with Gasteiger partial charge >= 0.3 is 41.7 Å². The van der Waals surface area contributed by atoms with E-state index in [2.05, 4.69) is 60.1 Å². The summed E-state index contributed by atoms with van der Waals surface area (Å²) in [4.78, 5) is 217. The van der Waals surface area contributed by atoms with E-state index >= 15 is 0 Å². The van der Waals surface area contributed by atoms with Gasteiger partial charge in [-0.1, -0.05) is 83.6 Å². The van der Waals surface area contributed by atoms with E-state index in [1.807, 2.05) is 5.32 Å². The number of esters is 1. The third kappa shape index (κ3) is 33.6. The highest BCUT2D eigenvalue weighted by molar-refractivity contribution is 6.18. The van der Waals surface area contributed by atoms with Crippen molar-refractivity contribution in [2.24, 2.45) is 5.73 Å². The van der Waals surface area contributed by atoms with Gasteiger partial charge in [0, 0.05) is 13.1 Å². The molecule has 1 saturated heterocycles. The van der Waals surface area contributed by atoms with Crippen LogP contribution in [0, 0.1) is 13.8 Å². The number of hydrogen-bond donors (Lipinski definition) is 18. The molecule has 0 spiro atoms. The quantitative estimate of drug-likeness (QED) is 0.0108. The molecule has 1 aliphatic heterocycles. The fraction of sp³-hybridized carbons (Fsp3) is 0.662. The summed E-state index contributed by atoms with van der Waals surface area (Å²) < 4.78 is 34.5. The molecule has 2 aromatic heterocycles. The van der Waals surface area contributed by atoms with Crippen LogP contribution in [-0.2, 0) is 85.0 Å². The number of allylic oxidation sites excluding steroid dienone is 1. The summed E-state index contributed by atoms with van der Waals surface area (Å²) in [7, 11) is 0. The number of ether oxygens (including phenoxy) is 3. The van der Waals surface area contributed by atoms with Gasteiger partial charge in [0.1, 0.15) is 54.6 Å². The van der Waals surface area contributed by atoms with E-state index < -0.39 is 244 Å². The second kappa shape index (κ2) is 48.3. The smallest absolute Gasteiger partial charge is 0.481 e. The Kier molecular flexibility index (Phi) is 41.2. The van der Waals surface area contributed by atoms with Gasteiger partial charge in [-0.15, -0.1) is 11.6 Å². The number of nitrogens with one attached hydrogen (secondary N) is 11. The maximum atomic E-state index is 14.6. The number of hydrogen-bond acceptors (Lipinski definition) is 28. The zero-order valence-corrected chi connectivity index (χ0v) is 60.7. The van der Waals surface area contributed by atoms with Gasteiger partial charge in [-0.2, -0.15) is 0 Å². The highest BCUT2D eigenvalue weighted by Crippen LogP contribution is 2.16. The Labute approximate surface area is 617 Å². The van der Waals surface area contributed by atoms with E-state index in [0.29, 0.717) is 12.8 Å². The molecule has 0 saturated carbocycles. The monoisotopic (exact) mass is 1550 g/mol. The molecule has 3 rings (SSSR count). The Morgan fingerprint density at radius 3 is 1.54 bits per heavy atom. The number of rotatable bonds is 36. The number of aryl methyl sites for hydroxylation is 2. The molecule has 42 heteroatoms. The molecule has 7 unspecified atom stereocenters. The molecule has 0 radical (unpaired) electrons. The van der Waals surface area contributed by atoms with Crippen LogP contribution in [0.15, 0.2) is 39.0 Å². The van der Waals surface area contributed by atoms with Crippen molar-refractivity contribution < 1.29 is 130 Å². The second-order valence-electron chi connectivity index (χ2n) is 24.9. The minimum atomic E-state index is -2.94. The van der Waals surface area contributed by atoms with E-state index in [9.17, 15) is 107 Å². The highest BCUT2D eigenvalue weighted by Gasteiger charge is 2.41. The number of aliphatic carboxylic acids is 2. The topological polar surface area (TPSA) is 633 Å². The van der Waals surface area contributed by atoms with Crippen LogP contribution in [0.25, 0.3) is 0 Å². The number of carbonyl (C=O) groups excluding carboxylic acids is 12. The first-order valence-electron chi connectivity index (χ1n) is 34.7. The Morgan fingerprint density at radius 1 is 0.589 bits per heavy atom. The van der Waals surface area contributed by atoms with E-state index in [1.165, 1.54) is 33.6 Å². The highest BCUT2D eigenvalue weighted by atomic mass is 35.5. The van der Waals surface area contributed by atoms with Crippen LogP contribution in [0.1, 0.15) is 166 Å². The zero-order valence-electron chi connectivity index (χ0n) is 59.9. The van der Waals surface area contributed by atoms with Crippen LogP contribution >= 0.6 is 11.6 Å². The third-order valence-electron chi connectivity index (χ3n) is 16.3. The molecule has 107 heavy (non-hydrogen) atoms. The number of cyclic esters (lactones) is 1. The standard InChI is InChI=1S/C65H99ClN12O29/c1-6-8-9-10-11-12-13-14-15-16-17-20-36(80)27-46(82)70-42-30-101-61(96)49(43(81)29-66)77-52(86)37(7-2)71-58(92)48(33(3)79)76-55(89)40(23-26-69-63(98)103-32-45-35(5)105-65(100)107-45)74-59(93)50(51(85)60(94)95)78-54(88)38(21-18-19-24-67)72-56(90)41(28-47(83)84)75-53(87)39(73-57(42)91)22-25-68-62(97)102-31-44-34(4)104-64(99)106-44/h7,33,36,38-43,48-51,79-81,85H,6,8-32,67H2,1-5H3,(H,68,97)(H,69,98)(H,70,82)(H,71,92)(H,72,90)(H,73,91)(H,74,93)(H,75,87)(H,76,89)(H,77,86)(H,78,88)(H,83,84)(H,94,95)/b37-7+/t33-,36?,38?,39?,40-,41-,42?,43+,48?,49?,50?,51-/m0/s1. The Morgan fingerprint density at radius 2 is 1.07 bits per heavy atom. The molecule has 12 atom stereocenters. The van der Waals surface area contributed by atoms with Crippen LogP contribution in [-0.4, -0.2) is 219 Å². The Hall–Kier alpha value is -9.97. The molecule has 19 N–H and O–H groups in total. The van der Waals surface area contributed by atoms with Crippen molar-refractivity contribution in [1.82, 2.24) is 58.5 Å². The molecule has 41 nitrogen and oxygen atoms in total. The summed E-state index contributed by atoms with van der Waals surface area (Å²) in [5, 5.41) is 87.9. The first kappa shape index (κ1) is 91.2. The number of aliphatic hydroxyl groups excluding tert-OH is 4. The van der Waals surface area contributed by atoms with Crippen molar-refractivity contribution in [3.05, 3.63) is 56.0 Å². The number of nitrogens with two attached hydrogens (primary N) is 1. The van der Waals surface area contributed by atoms with Gasteiger partial charge in [0.15, 0.2) is 48.4 Å². The lowest BCUT2D eigenvalue weighted by Crippen LogP contribution is -2.63. The molecule has 0 aliphatic carbocycles. The number of aliphatic hydroxyl groups is 4. The number of carbonyl (C=O) groups is 14. The van der Waals surface area contributed by atoms with Crippen molar-refractivity contribution in [2.75, 3.05) is 32.1 Å². The molecule has 0 bridgehead atoms. The van der Waals surface area contributed by atoms with Crippen molar-refractivity contribution in [1.29, 1.82) is 0 Å². The summed E-state index contributed by atoms with van der Waals surface area (Å²) in [6, 6.07) is -17.6. The SMILES string of the molecule is C/C=C1/NC(=O)C([C@H](C)O)NC(=O)[C@H](CCNC(=O)OCc2oc(=O)oc2C)NC(=O)C([C@H](O)C(=O)O)NC(=O)C(CCCCN)NC(=O)[C@H](CC(=O)O)NC(=O)C(CCNC(=O)OCc2oc(=O)oc2C)NC(=O)C(NC(=O)CC(O)CCCCCCCCCCCCC)COC(=O)C([C@H](O)CCl)NC1=O. The third-order valence-corrected chi connectivity index (χ3v) is 16.6. The zero-order chi connectivity index (χ0) is 79.9. The molecule has 2 aromatic rings. The molecule has 1 fully saturated rings. The molecule has 600 valence electrons. The molecular formula is C65H99ClN12O29. The van der Waals surface area contributed by atoms with E-state index in [-0.39, 0.29) is 48.8 Å². The van der Waals surface area contributed by atoms with Crippen LogP contribution in [0.4, 0.5) is 9.59 Å². The summed E-state index contributed by atoms with van der Waals surface area (Å²) in [5.74, 6) is -22.2. The van der Waals surface area contributed by atoms with Gasteiger partial charge in [-0.3, -0.25) is 47.9 Å². The lowest BCUT2D eigenvalue weighted by molar-refractivity contribution is -0.153. The van der Waals surface area contributed by atoms with Crippen LogP contribution in [0.2, 0.25) is 0 Å². The predicted octanol–water partition coefficient (Wildman–Crippen LogP) is -2.73. The van der Waals surface area contributed by atoms with E-state index in [1.54, 1.807) is 0 Å². The average Bonchev–Trinajstić information content (AvgIpc) is 1.28. The number of alkyl halides is 1. The number of halogens is 1. The normalized spacial score (nSPS) is 21.5. The maximum absolute atomic E-state index is 14.6.